The van der Waals surface area contributed by atoms with E-state index >= 15 is 8.78 Å². The molecular formula is C87H98Cl2F2N8O7. The zero-order valence-corrected chi connectivity index (χ0v) is 63.9. The molecule has 6 aromatic carbocycles. The summed E-state index contributed by atoms with van der Waals surface area (Å²) in [5.41, 5.74) is 21.3. The standard InChI is InChI=1S/C44H50ClFN4O3.C43H48ClFN4O4/c1-27-9-11-33(43(51)47-27)20-31-10-12-41(40(46)21-31)50-17-13-30(14-18-50)19-32-7-6-8-34-24-49(16-15-36(32)34)26-38-39(45)22-35(23-42(38)53-5)37-25-48(4)44(52)29(3)28(37)2;1-26-27(2)43(52)47(3)24-35(26)33-21-37(44)36(40(22-33)53-4)25-48-15-14-34-30(6-5-7-32(34)23-48)18-28-12-16-49(17-13-28)39-10-8-29(20-38(39)45)19-31-9-11-41(50)46-42(31)51/h6-8,10,12,21-23,25,30,33H,1,9,11,13-20,24,26H2,2-5H3,(H,47,51);5-8,10,20-22,24,28,31H,9,11-19,23,25H2,1-4H3,(H,46,50,51)/t33-;31-/m01/s1. The van der Waals surface area contributed by atoms with Crippen LogP contribution in [0.15, 0.2) is 131 Å². The summed E-state index contributed by atoms with van der Waals surface area (Å²) in [6.07, 6.45) is 15.1. The third kappa shape index (κ3) is 16.6. The zero-order valence-electron chi connectivity index (χ0n) is 62.4. The van der Waals surface area contributed by atoms with Crippen LogP contribution in [0.5, 0.6) is 11.5 Å². The van der Waals surface area contributed by atoms with Gasteiger partial charge in [0.1, 0.15) is 23.1 Å². The zero-order chi connectivity index (χ0) is 74.8. The Balaban J connectivity index is 0.000000188. The number of allylic oxidation sites excluding steroid dienone is 1. The number of pyridine rings is 2. The molecule has 0 saturated carbocycles. The Bertz CT molecular complexity index is 4540. The fourth-order valence-corrected chi connectivity index (χ4v) is 17.6. The van der Waals surface area contributed by atoms with Crippen molar-refractivity contribution in [2.75, 3.05) is 63.3 Å². The lowest BCUT2D eigenvalue weighted by Gasteiger charge is -2.35. The number of amides is 3. The number of hydrogen-bond acceptors (Lipinski definition) is 11. The lowest BCUT2D eigenvalue weighted by Crippen LogP contribution is -2.41. The molecule has 0 unspecified atom stereocenters. The normalized spacial score (nSPS) is 18.2. The molecule has 0 bridgehead atoms. The number of anilines is 2. The maximum Gasteiger partial charge on any atom is 0.253 e. The average molecular weight is 1480 g/mol. The van der Waals surface area contributed by atoms with Crippen molar-refractivity contribution in [3.63, 3.8) is 0 Å². The van der Waals surface area contributed by atoms with Gasteiger partial charge >= 0.3 is 0 Å². The molecule has 2 N–H and O–H groups in total. The van der Waals surface area contributed by atoms with Crippen LogP contribution in [0.1, 0.15) is 129 Å². The Morgan fingerprint density at radius 3 is 1.33 bits per heavy atom. The molecule has 2 aromatic heterocycles. The SMILES string of the molecule is C=C1CC[C@@H](Cc2ccc(N3CCC(Cc4cccc5c4CCN(Cc4c(Cl)cc(-c6cn(C)c(=O)c(C)c6C)cc4OC)C5)CC3)c(F)c2)C(=O)N1.COc1cc(-c2cn(C)c(=O)c(C)c2C)cc(Cl)c1CN1CCc2c(CC3CCN(c4ccc(C[C@H]5CCC(=O)NC5=O)cc4F)CC3)cccc2C1. The van der Waals surface area contributed by atoms with Crippen LogP contribution >= 0.6 is 23.2 Å². The van der Waals surface area contributed by atoms with Crippen molar-refractivity contribution in [3.05, 3.63) is 242 Å². The van der Waals surface area contributed by atoms with E-state index in [0.717, 1.165) is 201 Å². The number of fused-ring (bicyclic) bond motifs is 2. The number of benzene rings is 6. The molecule has 4 fully saturated rings. The van der Waals surface area contributed by atoms with Crippen molar-refractivity contribution in [2.24, 2.45) is 37.8 Å². The van der Waals surface area contributed by atoms with Crippen LogP contribution < -0.4 is 41.0 Å². The predicted molar refractivity (Wildman–Crippen MR) is 418 cm³/mol. The first-order chi connectivity index (χ1) is 51.0. The van der Waals surface area contributed by atoms with Gasteiger partial charge < -0.3 is 33.7 Å². The summed E-state index contributed by atoms with van der Waals surface area (Å²) >= 11 is 13.9. The summed E-state index contributed by atoms with van der Waals surface area (Å²) in [5.74, 6) is 1.19. The molecule has 15 nitrogen and oxygen atoms in total. The molecule has 3 amide bonds. The summed E-state index contributed by atoms with van der Waals surface area (Å²) in [4.78, 5) is 70.2. The number of nitrogens with one attached hydrogen (secondary N) is 2. The number of ether oxygens (including phenoxy) is 2. The predicted octanol–water partition coefficient (Wildman–Crippen LogP) is 15.2. The van der Waals surface area contributed by atoms with E-state index in [1.165, 1.54) is 33.4 Å². The smallest absolute Gasteiger partial charge is 0.253 e. The summed E-state index contributed by atoms with van der Waals surface area (Å²) in [5, 5.41) is 6.55. The molecule has 4 saturated heterocycles. The van der Waals surface area contributed by atoms with Crippen LogP contribution in [0.3, 0.4) is 0 Å². The van der Waals surface area contributed by atoms with Gasteiger partial charge in [-0.3, -0.25) is 39.1 Å². The van der Waals surface area contributed by atoms with Crippen LogP contribution in [-0.4, -0.2) is 90.1 Å². The second-order valence-electron chi connectivity index (χ2n) is 30.5. The number of aromatic nitrogens is 2. The van der Waals surface area contributed by atoms with Gasteiger partial charge in [-0.15, -0.1) is 0 Å². The van der Waals surface area contributed by atoms with Gasteiger partial charge in [0.25, 0.3) is 11.1 Å². The largest absolute Gasteiger partial charge is 0.496 e. The maximum absolute atomic E-state index is 15.4. The first-order valence-corrected chi connectivity index (χ1v) is 38.3. The Labute approximate surface area is 631 Å². The van der Waals surface area contributed by atoms with E-state index in [0.29, 0.717) is 72.0 Å². The second-order valence-corrected chi connectivity index (χ2v) is 31.3. The number of piperidine rings is 4. The van der Waals surface area contributed by atoms with Gasteiger partial charge in [0.2, 0.25) is 17.7 Å². The summed E-state index contributed by atoms with van der Waals surface area (Å²) in [7, 11) is 6.91. The van der Waals surface area contributed by atoms with Gasteiger partial charge in [0, 0.05) is 159 Å². The number of nitrogens with zero attached hydrogens (tertiary/aromatic N) is 6. The number of halogens is 4. The van der Waals surface area contributed by atoms with Crippen LogP contribution in [0.2, 0.25) is 10.0 Å². The molecule has 8 aromatic rings. The van der Waals surface area contributed by atoms with E-state index in [-0.39, 0.29) is 52.3 Å². The van der Waals surface area contributed by atoms with Gasteiger partial charge in [0.05, 0.1) is 25.6 Å². The van der Waals surface area contributed by atoms with E-state index in [1.807, 2.05) is 88.6 Å². The minimum Gasteiger partial charge on any atom is -0.496 e. The van der Waals surface area contributed by atoms with Gasteiger partial charge in [-0.05, 0) is 238 Å². The molecule has 19 heteroatoms. The highest BCUT2D eigenvalue weighted by atomic mass is 35.5. The van der Waals surface area contributed by atoms with E-state index < -0.39 is 0 Å². The fraction of sp³-hybridized carbons (Fsp3) is 0.414. The average Bonchev–Trinajstić information content (AvgIpc) is 0.783. The summed E-state index contributed by atoms with van der Waals surface area (Å²) < 4.78 is 45.7. The van der Waals surface area contributed by atoms with Crippen LogP contribution in [0.25, 0.3) is 22.3 Å². The van der Waals surface area contributed by atoms with Crippen molar-refractivity contribution in [3.8, 4) is 33.8 Å². The van der Waals surface area contributed by atoms with Crippen molar-refractivity contribution in [1.82, 2.24) is 29.6 Å². The third-order valence-corrected chi connectivity index (χ3v) is 24.3. The lowest BCUT2D eigenvalue weighted by atomic mass is 9.85. The Morgan fingerprint density at radius 2 is 0.925 bits per heavy atom. The van der Waals surface area contributed by atoms with Gasteiger partial charge in [-0.25, -0.2) is 8.78 Å². The number of aryl methyl sites for hydroxylation is 2. The quantitative estimate of drug-likeness (QED) is 0.0790. The summed E-state index contributed by atoms with van der Waals surface area (Å²) in [6, 6.07) is 32.3. The van der Waals surface area contributed by atoms with E-state index in [9.17, 15) is 24.0 Å². The molecule has 14 rings (SSSR count). The molecular weight excluding hydrogens is 1380 g/mol. The Morgan fingerprint density at radius 1 is 0.500 bits per heavy atom. The van der Waals surface area contributed by atoms with Gasteiger partial charge in [0.15, 0.2) is 0 Å². The van der Waals surface area contributed by atoms with Gasteiger partial charge in [-0.2, -0.15) is 0 Å². The highest BCUT2D eigenvalue weighted by molar-refractivity contribution is 6.32. The number of carbonyl (C=O) groups is 3. The molecule has 0 spiro atoms. The number of imide groups is 1. The minimum absolute atomic E-state index is 0.000644. The first-order valence-electron chi connectivity index (χ1n) is 37.6. The number of methoxy groups -OCH3 is 2. The third-order valence-electron chi connectivity index (χ3n) is 23.6. The van der Waals surface area contributed by atoms with Crippen molar-refractivity contribution in [2.45, 2.75) is 144 Å². The summed E-state index contributed by atoms with van der Waals surface area (Å²) in [6.45, 7) is 19.7. The number of rotatable bonds is 18. The first kappa shape index (κ1) is 75.4. The van der Waals surface area contributed by atoms with Crippen molar-refractivity contribution < 1.29 is 32.6 Å². The molecule has 6 aliphatic heterocycles. The fourth-order valence-electron chi connectivity index (χ4n) is 17.1. The van der Waals surface area contributed by atoms with E-state index in [1.54, 1.807) is 49.6 Å². The van der Waals surface area contributed by atoms with Gasteiger partial charge in [-0.1, -0.05) is 78.3 Å². The molecule has 6 aliphatic rings. The number of hydrogen-bond donors (Lipinski definition) is 2. The molecule has 0 radical (unpaired) electrons. The molecule has 2 atom stereocenters. The highest BCUT2D eigenvalue weighted by Crippen LogP contribution is 2.41. The van der Waals surface area contributed by atoms with Crippen LogP contribution in [-0.2, 0) is 93.2 Å². The Hall–Kier alpha value is -8.87. The lowest BCUT2D eigenvalue weighted by molar-refractivity contribution is -0.136. The van der Waals surface area contributed by atoms with Crippen molar-refractivity contribution >= 4 is 52.3 Å². The van der Waals surface area contributed by atoms with Crippen molar-refractivity contribution in [1.29, 1.82) is 0 Å². The van der Waals surface area contributed by atoms with E-state index in [4.69, 9.17) is 32.7 Å². The highest BCUT2D eigenvalue weighted by Gasteiger charge is 2.32. The second kappa shape index (κ2) is 32.7. The topological polar surface area (TPSA) is 151 Å². The monoisotopic (exact) mass is 1470 g/mol. The molecule has 8 heterocycles. The van der Waals surface area contributed by atoms with Crippen LogP contribution in [0, 0.1) is 63.0 Å². The maximum atomic E-state index is 15.4. The Kier molecular flexibility index (Phi) is 23.2. The molecule has 556 valence electrons. The molecule has 0 aliphatic carbocycles. The van der Waals surface area contributed by atoms with Crippen LogP contribution in [0.4, 0.5) is 20.2 Å². The minimum atomic E-state index is -0.297. The van der Waals surface area contributed by atoms with E-state index in [2.05, 4.69) is 73.2 Å². The number of carbonyl (C=O) groups excluding carboxylic acids is 3. The molecule has 106 heavy (non-hydrogen) atoms.